The molecule has 0 spiro atoms. The summed E-state index contributed by atoms with van der Waals surface area (Å²) in [6, 6.07) is 5.15. The highest BCUT2D eigenvalue weighted by atomic mass is 19.2. The van der Waals surface area contributed by atoms with Crippen LogP contribution < -0.4 is 10.3 Å². The molecule has 0 aliphatic heterocycles. The van der Waals surface area contributed by atoms with Crippen LogP contribution in [0, 0.1) is 0 Å². The molecule has 0 saturated carbocycles. The Hall–Kier alpha value is -1.91. The van der Waals surface area contributed by atoms with E-state index in [4.69, 9.17) is 4.74 Å². The predicted molar refractivity (Wildman–Crippen MR) is 50.8 cm³/mol. The summed E-state index contributed by atoms with van der Waals surface area (Å²) >= 11 is 0. The quantitative estimate of drug-likeness (QED) is 0.740. The van der Waals surface area contributed by atoms with E-state index in [0.29, 0.717) is 16.7 Å². The Balaban J connectivity index is 2.67. The molecule has 0 amide bonds. The molecule has 14 heavy (non-hydrogen) atoms. The third-order valence-electron chi connectivity index (χ3n) is 1.93. The van der Waals surface area contributed by atoms with Crippen LogP contribution in [0.3, 0.4) is 0 Å². The zero-order valence-electron chi connectivity index (χ0n) is 7.49. The number of nitrogens with zero attached hydrogens (tertiary/aromatic N) is 2. The lowest BCUT2D eigenvalue weighted by Gasteiger charge is -2.03. The highest BCUT2D eigenvalue weighted by molar-refractivity contribution is 5.89. The average Bonchev–Trinajstić information content (AvgIpc) is 2.27. The molecule has 0 saturated heterocycles. The van der Waals surface area contributed by atoms with Crippen LogP contribution in [-0.4, -0.2) is 17.1 Å². The van der Waals surface area contributed by atoms with Gasteiger partial charge >= 0.3 is 0 Å². The monoisotopic (exact) mass is 193 g/mol. The van der Waals surface area contributed by atoms with Gasteiger partial charge in [0, 0.05) is 11.5 Å². The maximum atomic E-state index is 12.3. The molecule has 0 atom stereocenters. The Bertz CT molecular complexity index is 461. The molecule has 4 nitrogen and oxygen atoms in total. The molecule has 2 rings (SSSR count). The minimum absolute atomic E-state index is 0.164. The Morgan fingerprint density at radius 2 is 2.21 bits per heavy atom. The maximum Gasteiger partial charge on any atom is 0.165 e. The Morgan fingerprint density at radius 3 is 2.93 bits per heavy atom. The molecule has 0 aliphatic rings. The molecule has 0 aliphatic carbocycles. The van der Waals surface area contributed by atoms with E-state index in [0.717, 1.165) is 0 Å². The minimum atomic E-state index is 0.164. The fourth-order valence-corrected chi connectivity index (χ4v) is 1.24. The van der Waals surface area contributed by atoms with E-state index in [2.05, 4.69) is 9.97 Å². The van der Waals surface area contributed by atoms with Crippen molar-refractivity contribution in [3.05, 3.63) is 24.5 Å². The van der Waals surface area contributed by atoms with E-state index in [1.807, 2.05) is 0 Å². The third kappa shape index (κ3) is 1.32. The van der Waals surface area contributed by atoms with Crippen molar-refractivity contribution in [3.63, 3.8) is 0 Å². The molecule has 0 unspecified atom stereocenters. The molecule has 1 heterocycles. The van der Waals surface area contributed by atoms with Gasteiger partial charge in [0.15, 0.2) is 5.82 Å². The second-order valence-electron chi connectivity index (χ2n) is 2.70. The summed E-state index contributed by atoms with van der Waals surface area (Å²) in [5.41, 5.74) is 2.15. The first-order valence-electron chi connectivity index (χ1n) is 4.00. The lowest BCUT2D eigenvalue weighted by Crippen LogP contribution is -1.91. The molecular formula is C9H8FN3O. The zero-order chi connectivity index (χ0) is 9.97. The number of fused-ring (bicyclic) bond motifs is 1. The van der Waals surface area contributed by atoms with Crippen molar-refractivity contribution in [1.82, 2.24) is 9.97 Å². The second-order valence-corrected chi connectivity index (χ2v) is 2.70. The van der Waals surface area contributed by atoms with Crippen molar-refractivity contribution >= 4 is 16.7 Å². The third-order valence-corrected chi connectivity index (χ3v) is 1.93. The van der Waals surface area contributed by atoms with Crippen LogP contribution >= 0.6 is 0 Å². The van der Waals surface area contributed by atoms with Gasteiger partial charge < -0.3 is 4.74 Å². The number of rotatable bonds is 2. The summed E-state index contributed by atoms with van der Waals surface area (Å²) in [5.74, 6) is 0.846. The van der Waals surface area contributed by atoms with Gasteiger partial charge in [-0.3, -0.25) is 0 Å². The normalized spacial score (nSPS) is 10.1. The molecule has 2 aromatic rings. The van der Waals surface area contributed by atoms with Crippen LogP contribution in [0.1, 0.15) is 0 Å². The summed E-state index contributed by atoms with van der Waals surface area (Å²) in [6.07, 6.45) is 1.30. The zero-order valence-corrected chi connectivity index (χ0v) is 7.49. The van der Waals surface area contributed by atoms with E-state index in [1.165, 1.54) is 11.9 Å². The van der Waals surface area contributed by atoms with Gasteiger partial charge in [-0.2, -0.15) is 0 Å². The lowest BCUT2D eigenvalue weighted by molar-refractivity contribution is 0.415. The molecular weight excluding hydrogens is 185 g/mol. The van der Waals surface area contributed by atoms with Crippen LogP contribution in [0.25, 0.3) is 10.9 Å². The van der Waals surface area contributed by atoms with Gasteiger partial charge in [-0.1, -0.05) is 0 Å². The smallest absolute Gasteiger partial charge is 0.165 e. The molecule has 0 fully saturated rings. The molecule has 0 bridgehead atoms. The highest BCUT2D eigenvalue weighted by Crippen LogP contribution is 2.23. The fraction of sp³-hybridized carbons (Fsp3) is 0.111. The molecule has 72 valence electrons. The highest BCUT2D eigenvalue weighted by Gasteiger charge is 2.03. The second kappa shape index (κ2) is 3.45. The van der Waals surface area contributed by atoms with E-state index >= 15 is 0 Å². The van der Waals surface area contributed by atoms with Crippen LogP contribution in [0.5, 0.6) is 5.75 Å². The Kier molecular flexibility index (Phi) is 2.14. The van der Waals surface area contributed by atoms with Crippen molar-refractivity contribution in [1.29, 1.82) is 0 Å². The van der Waals surface area contributed by atoms with Gasteiger partial charge in [0.05, 0.1) is 12.6 Å². The lowest BCUT2D eigenvalue weighted by atomic mass is 10.2. The van der Waals surface area contributed by atoms with E-state index in [9.17, 15) is 4.48 Å². The van der Waals surface area contributed by atoms with Gasteiger partial charge in [-0.25, -0.2) is 15.5 Å². The fourth-order valence-electron chi connectivity index (χ4n) is 1.24. The predicted octanol–water partition coefficient (Wildman–Crippen LogP) is 1.93. The average molecular weight is 193 g/mol. The van der Waals surface area contributed by atoms with Crippen molar-refractivity contribution < 1.29 is 9.22 Å². The van der Waals surface area contributed by atoms with E-state index in [-0.39, 0.29) is 5.82 Å². The topological polar surface area (TPSA) is 47.0 Å². The van der Waals surface area contributed by atoms with Crippen LogP contribution in [0.15, 0.2) is 24.5 Å². The Labute approximate surface area is 79.7 Å². The van der Waals surface area contributed by atoms with Crippen molar-refractivity contribution in [2.24, 2.45) is 0 Å². The minimum Gasteiger partial charge on any atom is -0.497 e. The first-order chi connectivity index (χ1) is 6.85. The summed E-state index contributed by atoms with van der Waals surface area (Å²) < 4.78 is 17.3. The summed E-state index contributed by atoms with van der Waals surface area (Å²) in [6.45, 7) is 0. The molecule has 5 heteroatoms. The Morgan fingerprint density at radius 1 is 1.36 bits per heavy atom. The number of hydrogen-bond donors (Lipinski definition) is 1. The number of halogens is 1. The summed E-state index contributed by atoms with van der Waals surface area (Å²) in [4.78, 5) is 7.74. The van der Waals surface area contributed by atoms with Crippen LogP contribution in [0.2, 0.25) is 0 Å². The van der Waals surface area contributed by atoms with Crippen LogP contribution in [0.4, 0.5) is 10.3 Å². The largest absolute Gasteiger partial charge is 0.497 e. The maximum absolute atomic E-state index is 12.3. The standard InChI is InChI=1S/C9H8FN3O/c1-14-6-2-3-7-8(4-6)11-5-12-9(7)13-10/h2-5H,1H3,(H,11,12,13). The number of hydrogen-bond acceptors (Lipinski definition) is 4. The summed E-state index contributed by atoms with van der Waals surface area (Å²) in [7, 11) is 1.57. The molecule has 0 radical (unpaired) electrons. The number of methoxy groups -OCH3 is 1. The van der Waals surface area contributed by atoms with Crippen molar-refractivity contribution in [2.45, 2.75) is 0 Å². The van der Waals surface area contributed by atoms with E-state index in [1.54, 1.807) is 25.3 Å². The molecule has 1 aromatic heterocycles. The van der Waals surface area contributed by atoms with Gasteiger partial charge in [0.2, 0.25) is 0 Å². The number of ether oxygens (including phenoxy) is 1. The molecule has 1 N–H and O–H groups in total. The molecule has 1 aromatic carbocycles. The summed E-state index contributed by atoms with van der Waals surface area (Å²) in [5, 5.41) is 0.621. The number of benzene rings is 1. The number of anilines is 1. The van der Waals surface area contributed by atoms with E-state index < -0.39 is 0 Å². The van der Waals surface area contributed by atoms with Gasteiger partial charge in [-0.15, -0.1) is 4.48 Å². The number of nitrogens with one attached hydrogen (secondary N) is 1. The first-order valence-corrected chi connectivity index (χ1v) is 4.00. The van der Waals surface area contributed by atoms with Crippen molar-refractivity contribution in [3.8, 4) is 5.75 Å². The van der Waals surface area contributed by atoms with Gasteiger partial charge in [0.1, 0.15) is 12.1 Å². The van der Waals surface area contributed by atoms with Gasteiger partial charge in [0.25, 0.3) is 0 Å². The van der Waals surface area contributed by atoms with Gasteiger partial charge in [-0.05, 0) is 12.1 Å². The SMILES string of the molecule is COc1ccc2c(NF)ncnc2c1. The van der Waals surface area contributed by atoms with Crippen LogP contribution in [-0.2, 0) is 0 Å². The van der Waals surface area contributed by atoms with Crippen molar-refractivity contribution in [2.75, 3.05) is 12.6 Å². The number of aromatic nitrogens is 2. The first kappa shape index (κ1) is 8.68.